The van der Waals surface area contributed by atoms with Crippen LogP contribution in [0.1, 0.15) is 23.1 Å². The number of nitrogen functional groups attached to an aromatic ring is 1. The normalized spacial score (nSPS) is 13.3. The van der Waals surface area contributed by atoms with Crippen LogP contribution in [0.5, 0.6) is 0 Å². The van der Waals surface area contributed by atoms with E-state index in [9.17, 15) is 0 Å². The summed E-state index contributed by atoms with van der Waals surface area (Å²) in [5.41, 5.74) is 12.1. The first kappa shape index (κ1) is 11.1. The summed E-state index contributed by atoms with van der Waals surface area (Å²) in [6, 6.07) is 14.7. The highest BCUT2D eigenvalue weighted by atomic mass is 14.9. The summed E-state index contributed by atoms with van der Waals surface area (Å²) in [4.78, 5) is 0. The minimum absolute atomic E-state index is 0.804. The fourth-order valence-electron chi connectivity index (χ4n) is 2.59. The molecule has 3 rings (SSSR count). The Bertz CT molecular complexity index is 561. The number of rotatable bonds is 3. The summed E-state index contributed by atoms with van der Waals surface area (Å²) in [6.45, 7) is 0.835. The maximum atomic E-state index is 5.91. The number of aryl methyl sites for hydroxylation is 2. The molecule has 0 aromatic heterocycles. The first-order chi connectivity index (χ1) is 8.83. The van der Waals surface area contributed by atoms with Gasteiger partial charge in [-0.05, 0) is 48.1 Å². The van der Waals surface area contributed by atoms with E-state index in [0.29, 0.717) is 0 Å². The molecule has 0 radical (unpaired) electrons. The molecule has 18 heavy (non-hydrogen) atoms. The van der Waals surface area contributed by atoms with E-state index in [1.54, 1.807) is 0 Å². The number of hydrogen-bond acceptors (Lipinski definition) is 2. The van der Waals surface area contributed by atoms with Crippen LogP contribution in [0.3, 0.4) is 0 Å². The quantitative estimate of drug-likeness (QED) is 0.805. The average Bonchev–Trinajstić information content (AvgIpc) is 2.85. The van der Waals surface area contributed by atoms with Gasteiger partial charge in [-0.15, -0.1) is 0 Å². The van der Waals surface area contributed by atoms with Gasteiger partial charge in [0.2, 0.25) is 0 Å². The number of nitrogens with two attached hydrogens (primary N) is 1. The highest BCUT2D eigenvalue weighted by Crippen LogP contribution is 2.24. The fourth-order valence-corrected chi connectivity index (χ4v) is 2.59. The van der Waals surface area contributed by atoms with Gasteiger partial charge in [-0.1, -0.05) is 30.3 Å². The number of benzene rings is 2. The van der Waals surface area contributed by atoms with Crippen molar-refractivity contribution >= 4 is 11.4 Å². The monoisotopic (exact) mass is 238 g/mol. The Morgan fingerprint density at radius 2 is 1.83 bits per heavy atom. The van der Waals surface area contributed by atoms with Gasteiger partial charge in [0.15, 0.2) is 0 Å². The largest absolute Gasteiger partial charge is 0.397 e. The summed E-state index contributed by atoms with van der Waals surface area (Å²) >= 11 is 0. The second-order valence-corrected chi connectivity index (χ2v) is 4.90. The van der Waals surface area contributed by atoms with Crippen molar-refractivity contribution in [1.82, 2.24) is 0 Å². The number of nitrogens with one attached hydrogen (secondary N) is 1. The first-order valence-corrected chi connectivity index (χ1v) is 6.52. The molecule has 1 aliphatic rings. The smallest absolute Gasteiger partial charge is 0.0576 e. The zero-order valence-electron chi connectivity index (χ0n) is 10.4. The fraction of sp³-hybridized carbons (Fsp3) is 0.250. The molecule has 3 N–H and O–H groups in total. The third kappa shape index (κ3) is 2.19. The molecule has 0 saturated heterocycles. The van der Waals surface area contributed by atoms with Gasteiger partial charge in [0.25, 0.3) is 0 Å². The number of fused-ring (bicyclic) bond motifs is 1. The summed E-state index contributed by atoms with van der Waals surface area (Å²) in [5.74, 6) is 0. The lowest BCUT2D eigenvalue weighted by Crippen LogP contribution is -2.02. The zero-order valence-corrected chi connectivity index (χ0v) is 10.4. The van der Waals surface area contributed by atoms with Gasteiger partial charge in [0, 0.05) is 6.54 Å². The third-order valence-electron chi connectivity index (χ3n) is 3.61. The molecule has 2 heteroatoms. The highest BCUT2D eigenvalue weighted by Gasteiger charge is 2.10. The van der Waals surface area contributed by atoms with E-state index in [1.165, 1.54) is 36.0 Å². The lowest BCUT2D eigenvalue weighted by Gasteiger charge is -2.10. The number of para-hydroxylation sites is 2. The van der Waals surface area contributed by atoms with E-state index in [-0.39, 0.29) is 0 Å². The van der Waals surface area contributed by atoms with Gasteiger partial charge in [0.1, 0.15) is 0 Å². The van der Waals surface area contributed by atoms with Gasteiger partial charge in [-0.2, -0.15) is 0 Å². The van der Waals surface area contributed by atoms with Crippen molar-refractivity contribution in [3.8, 4) is 0 Å². The van der Waals surface area contributed by atoms with Crippen LogP contribution in [0.2, 0.25) is 0 Å². The molecule has 0 saturated carbocycles. The molecule has 2 nitrogen and oxygen atoms in total. The maximum Gasteiger partial charge on any atom is 0.0576 e. The molecule has 0 amide bonds. The molecule has 0 unspecified atom stereocenters. The van der Waals surface area contributed by atoms with Crippen LogP contribution in [-0.4, -0.2) is 0 Å². The molecule has 0 atom stereocenters. The first-order valence-electron chi connectivity index (χ1n) is 6.52. The van der Waals surface area contributed by atoms with E-state index in [1.807, 2.05) is 24.3 Å². The second kappa shape index (κ2) is 4.73. The van der Waals surface area contributed by atoms with Crippen LogP contribution in [0.25, 0.3) is 0 Å². The van der Waals surface area contributed by atoms with Crippen LogP contribution in [0, 0.1) is 0 Å². The van der Waals surface area contributed by atoms with Gasteiger partial charge in [-0.3, -0.25) is 0 Å². The number of anilines is 2. The van der Waals surface area contributed by atoms with Crippen molar-refractivity contribution in [3.05, 3.63) is 59.2 Å². The Morgan fingerprint density at radius 1 is 1.00 bits per heavy atom. The molecule has 0 aliphatic heterocycles. The van der Waals surface area contributed by atoms with Crippen molar-refractivity contribution < 1.29 is 0 Å². The summed E-state index contributed by atoms with van der Waals surface area (Å²) in [6.07, 6.45) is 3.78. The van der Waals surface area contributed by atoms with Crippen molar-refractivity contribution in [3.63, 3.8) is 0 Å². The van der Waals surface area contributed by atoms with Gasteiger partial charge in [-0.25, -0.2) is 0 Å². The topological polar surface area (TPSA) is 38.0 Å². The molecule has 0 spiro atoms. The molecule has 1 aliphatic carbocycles. The lowest BCUT2D eigenvalue weighted by molar-refractivity contribution is 0.911. The molecule has 92 valence electrons. The van der Waals surface area contributed by atoms with E-state index in [2.05, 4.69) is 23.5 Å². The Hall–Kier alpha value is -1.96. The standard InChI is InChI=1S/C16H18N2/c17-15-6-1-2-7-16(15)18-11-12-8-9-13-4-3-5-14(13)10-12/h1-2,6-10,18H,3-5,11,17H2. The van der Waals surface area contributed by atoms with Crippen LogP contribution in [0.4, 0.5) is 11.4 Å². The van der Waals surface area contributed by atoms with Gasteiger partial charge < -0.3 is 11.1 Å². The molecule has 2 aromatic carbocycles. The maximum absolute atomic E-state index is 5.91. The van der Waals surface area contributed by atoms with Crippen LogP contribution < -0.4 is 11.1 Å². The Morgan fingerprint density at radius 3 is 2.72 bits per heavy atom. The van der Waals surface area contributed by atoms with E-state index >= 15 is 0 Å². The molecular weight excluding hydrogens is 220 g/mol. The van der Waals surface area contributed by atoms with Crippen molar-refractivity contribution in [2.75, 3.05) is 11.1 Å². The van der Waals surface area contributed by atoms with Crippen LogP contribution >= 0.6 is 0 Å². The van der Waals surface area contributed by atoms with E-state index < -0.39 is 0 Å². The molecule has 0 heterocycles. The van der Waals surface area contributed by atoms with E-state index in [0.717, 1.165) is 17.9 Å². The zero-order chi connectivity index (χ0) is 12.4. The van der Waals surface area contributed by atoms with Gasteiger partial charge in [0.05, 0.1) is 11.4 Å². The van der Waals surface area contributed by atoms with Crippen molar-refractivity contribution in [2.45, 2.75) is 25.8 Å². The molecular formula is C16H18N2. The summed E-state index contributed by atoms with van der Waals surface area (Å²) < 4.78 is 0. The minimum atomic E-state index is 0.804. The molecule has 2 aromatic rings. The Balaban J connectivity index is 1.72. The van der Waals surface area contributed by atoms with Crippen molar-refractivity contribution in [2.24, 2.45) is 0 Å². The second-order valence-electron chi connectivity index (χ2n) is 4.90. The van der Waals surface area contributed by atoms with Crippen molar-refractivity contribution in [1.29, 1.82) is 0 Å². The SMILES string of the molecule is Nc1ccccc1NCc1ccc2c(c1)CCC2. The molecule has 0 fully saturated rings. The van der Waals surface area contributed by atoms with Crippen LogP contribution in [0.15, 0.2) is 42.5 Å². The highest BCUT2D eigenvalue weighted by molar-refractivity contribution is 5.65. The predicted molar refractivity (Wildman–Crippen MR) is 76.6 cm³/mol. The van der Waals surface area contributed by atoms with Gasteiger partial charge >= 0.3 is 0 Å². The Labute approximate surface area is 108 Å². The average molecular weight is 238 g/mol. The third-order valence-corrected chi connectivity index (χ3v) is 3.61. The predicted octanol–water partition coefficient (Wildman–Crippen LogP) is 3.37. The minimum Gasteiger partial charge on any atom is -0.397 e. The number of hydrogen-bond donors (Lipinski definition) is 2. The summed E-state index contributed by atoms with van der Waals surface area (Å²) in [5, 5.41) is 3.40. The van der Waals surface area contributed by atoms with Crippen LogP contribution in [-0.2, 0) is 19.4 Å². The Kier molecular flexibility index (Phi) is 2.93. The summed E-state index contributed by atoms with van der Waals surface area (Å²) in [7, 11) is 0. The lowest BCUT2D eigenvalue weighted by atomic mass is 10.1. The molecule has 0 bridgehead atoms. The van der Waals surface area contributed by atoms with E-state index in [4.69, 9.17) is 5.73 Å².